The van der Waals surface area contributed by atoms with Crippen LogP contribution in [-0.2, 0) is 9.53 Å². The highest BCUT2D eigenvalue weighted by Gasteiger charge is 2.50. The Balaban J connectivity index is 1.48. The predicted molar refractivity (Wildman–Crippen MR) is 89.8 cm³/mol. The molecule has 7 heteroatoms. The zero-order valence-electron chi connectivity index (χ0n) is 14.4. The lowest BCUT2D eigenvalue weighted by Crippen LogP contribution is -2.55. The van der Waals surface area contributed by atoms with Crippen molar-refractivity contribution in [2.45, 2.75) is 38.1 Å². The largest absolute Gasteiger partial charge is 0.381 e. The first-order valence-corrected chi connectivity index (χ1v) is 9.15. The molecule has 0 N–H and O–H groups in total. The number of ether oxygens (including phenoxy) is 1. The number of carbonyl (C=O) groups is 2. The molecule has 2 amide bonds. The summed E-state index contributed by atoms with van der Waals surface area (Å²) < 4.78 is 5.44. The summed E-state index contributed by atoms with van der Waals surface area (Å²) in [5.74, 6) is 0.112. The molecule has 25 heavy (non-hydrogen) atoms. The Morgan fingerprint density at radius 2 is 2.08 bits per heavy atom. The fourth-order valence-corrected chi connectivity index (χ4v) is 4.45. The van der Waals surface area contributed by atoms with Gasteiger partial charge in [-0.3, -0.25) is 9.59 Å². The molecule has 1 aromatic heterocycles. The van der Waals surface area contributed by atoms with Gasteiger partial charge in [-0.25, -0.2) is 0 Å². The highest BCUT2D eigenvalue weighted by Crippen LogP contribution is 2.41. The third-order valence-corrected chi connectivity index (χ3v) is 5.83. The Hall–Kier alpha value is -2.02. The Bertz CT molecular complexity index is 647. The van der Waals surface area contributed by atoms with E-state index in [4.69, 9.17) is 4.74 Å². The number of likely N-dealkylation sites (tertiary alicyclic amines) is 2. The number of hydrogen-bond acceptors (Lipinski definition) is 5. The molecule has 1 spiro atoms. The van der Waals surface area contributed by atoms with E-state index >= 15 is 0 Å². The van der Waals surface area contributed by atoms with Crippen LogP contribution >= 0.6 is 0 Å². The smallest absolute Gasteiger partial charge is 0.274 e. The van der Waals surface area contributed by atoms with E-state index < -0.39 is 5.41 Å². The lowest BCUT2D eigenvalue weighted by Gasteiger charge is -2.44. The molecule has 134 valence electrons. The van der Waals surface area contributed by atoms with Crippen molar-refractivity contribution < 1.29 is 14.3 Å². The van der Waals surface area contributed by atoms with Crippen LogP contribution in [0.2, 0.25) is 0 Å². The van der Waals surface area contributed by atoms with Crippen molar-refractivity contribution in [2.75, 3.05) is 32.8 Å². The quantitative estimate of drug-likeness (QED) is 0.803. The number of rotatable bonds is 2. The second kappa shape index (κ2) is 6.71. The van der Waals surface area contributed by atoms with Crippen molar-refractivity contribution in [3.05, 3.63) is 24.0 Å². The van der Waals surface area contributed by atoms with Gasteiger partial charge in [-0.15, -0.1) is 5.10 Å². The molecule has 4 heterocycles. The van der Waals surface area contributed by atoms with Crippen molar-refractivity contribution in [2.24, 2.45) is 5.41 Å². The molecule has 1 unspecified atom stereocenters. The van der Waals surface area contributed by atoms with Crippen molar-refractivity contribution in [3.63, 3.8) is 0 Å². The van der Waals surface area contributed by atoms with E-state index in [2.05, 4.69) is 15.1 Å². The third-order valence-electron chi connectivity index (χ3n) is 5.83. The summed E-state index contributed by atoms with van der Waals surface area (Å²) in [5, 5.41) is 7.70. The number of amides is 2. The number of carbonyl (C=O) groups excluding carboxylic acids is 2. The molecule has 0 radical (unpaired) electrons. The number of piperidine rings is 1. The number of aromatic nitrogens is 2. The van der Waals surface area contributed by atoms with Gasteiger partial charge in [0.05, 0.1) is 5.41 Å². The molecule has 1 aromatic rings. The van der Waals surface area contributed by atoms with E-state index in [1.54, 1.807) is 23.2 Å². The van der Waals surface area contributed by atoms with Gasteiger partial charge in [-0.1, -0.05) is 0 Å². The summed E-state index contributed by atoms with van der Waals surface area (Å²) in [6.45, 7) is 3.42. The van der Waals surface area contributed by atoms with Crippen LogP contribution in [0.25, 0.3) is 0 Å². The average molecular weight is 344 g/mol. The van der Waals surface area contributed by atoms with Crippen molar-refractivity contribution in [1.82, 2.24) is 20.0 Å². The van der Waals surface area contributed by atoms with Gasteiger partial charge in [0.2, 0.25) is 5.91 Å². The fraction of sp³-hybridized carbons (Fsp3) is 0.667. The number of hydrogen-bond donors (Lipinski definition) is 0. The van der Waals surface area contributed by atoms with E-state index in [1.165, 1.54) is 0 Å². The van der Waals surface area contributed by atoms with Crippen LogP contribution in [0.1, 0.15) is 42.6 Å². The van der Waals surface area contributed by atoms with Gasteiger partial charge in [0.25, 0.3) is 5.91 Å². The van der Waals surface area contributed by atoms with Crippen LogP contribution in [0.3, 0.4) is 0 Å². The van der Waals surface area contributed by atoms with E-state index in [9.17, 15) is 9.59 Å². The van der Waals surface area contributed by atoms with E-state index in [0.29, 0.717) is 24.8 Å². The molecule has 1 atom stereocenters. The van der Waals surface area contributed by atoms with Gasteiger partial charge in [0, 0.05) is 45.1 Å². The summed E-state index contributed by atoms with van der Waals surface area (Å²) in [4.78, 5) is 29.8. The molecule has 4 rings (SSSR count). The molecule has 3 aliphatic rings. The van der Waals surface area contributed by atoms with Gasteiger partial charge >= 0.3 is 0 Å². The average Bonchev–Trinajstić information content (AvgIpc) is 3.10. The molecule has 0 saturated carbocycles. The Morgan fingerprint density at radius 3 is 2.84 bits per heavy atom. The molecule has 0 aromatic carbocycles. The second-order valence-corrected chi connectivity index (χ2v) is 7.31. The SMILES string of the molecule is O=C(c1cccnn1)N1CCC2(CCCN(C3CCOCC3)C2=O)C1. The molecular weight excluding hydrogens is 320 g/mol. The highest BCUT2D eigenvalue weighted by molar-refractivity contribution is 5.93. The summed E-state index contributed by atoms with van der Waals surface area (Å²) in [6, 6.07) is 3.69. The number of nitrogens with zero attached hydrogens (tertiary/aromatic N) is 4. The van der Waals surface area contributed by atoms with Crippen molar-refractivity contribution in [1.29, 1.82) is 0 Å². The first-order valence-electron chi connectivity index (χ1n) is 9.15. The Morgan fingerprint density at radius 1 is 1.24 bits per heavy atom. The van der Waals surface area contributed by atoms with E-state index in [-0.39, 0.29) is 11.8 Å². The predicted octanol–water partition coefficient (Wildman–Crippen LogP) is 1.11. The maximum atomic E-state index is 13.3. The van der Waals surface area contributed by atoms with Crippen molar-refractivity contribution in [3.8, 4) is 0 Å². The van der Waals surface area contributed by atoms with Crippen LogP contribution in [0.4, 0.5) is 0 Å². The summed E-state index contributed by atoms with van der Waals surface area (Å²) in [6.07, 6.45) is 6.02. The molecular formula is C18H24N4O3. The minimum absolute atomic E-state index is 0.124. The molecule has 3 fully saturated rings. The first kappa shape index (κ1) is 16.4. The van der Waals surface area contributed by atoms with Crippen LogP contribution in [0, 0.1) is 5.41 Å². The van der Waals surface area contributed by atoms with Crippen molar-refractivity contribution >= 4 is 11.8 Å². The minimum atomic E-state index is -0.408. The Labute approximate surface area is 147 Å². The van der Waals surface area contributed by atoms with Crippen LogP contribution < -0.4 is 0 Å². The fourth-order valence-electron chi connectivity index (χ4n) is 4.45. The summed E-state index contributed by atoms with van der Waals surface area (Å²) >= 11 is 0. The van der Waals surface area contributed by atoms with Crippen LogP contribution in [-0.4, -0.2) is 70.7 Å². The molecule has 3 aliphatic heterocycles. The zero-order chi connectivity index (χ0) is 17.3. The van der Waals surface area contributed by atoms with Crippen LogP contribution in [0.5, 0.6) is 0 Å². The molecule has 7 nitrogen and oxygen atoms in total. The van der Waals surface area contributed by atoms with Gasteiger partial charge in [-0.05, 0) is 44.2 Å². The van der Waals surface area contributed by atoms with Gasteiger partial charge in [-0.2, -0.15) is 5.10 Å². The zero-order valence-corrected chi connectivity index (χ0v) is 14.4. The van der Waals surface area contributed by atoms with Gasteiger partial charge in [0.1, 0.15) is 0 Å². The summed E-state index contributed by atoms with van der Waals surface area (Å²) in [5.41, 5.74) is -0.0573. The topological polar surface area (TPSA) is 75.6 Å². The van der Waals surface area contributed by atoms with Gasteiger partial charge < -0.3 is 14.5 Å². The van der Waals surface area contributed by atoms with Gasteiger partial charge in [0.15, 0.2) is 5.69 Å². The monoisotopic (exact) mass is 344 g/mol. The third kappa shape index (κ3) is 3.01. The Kier molecular flexibility index (Phi) is 4.41. The molecule has 3 saturated heterocycles. The standard InChI is InChI=1S/C18H24N4O3/c23-16(15-3-1-8-19-20-15)21-10-7-18(13-21)6-2-9-22(17(18)24)14-4-11-25-12-5-14/h1,3,8,14H,2,4-7,9-13H2. The molecule has 0 bridgehead atoms. The lowest BCUT2D eigenvalue weighted by atomic mass is 9.77. The maximum Gasteiger partial charge on any atom is 0.274 e. The highest BCUT2D eigenvalue weighted by atomic mass is 16.5. The maximum absolute atomic E-state index is 13.3. The normalized spacial score (nSPS) is 27.9. The first-order chi connectivity index (χ1) is 12.2. The van der Waals surface area contributed by atoms with Crippen LogP contribution in [0.15, 0.2) is 18.3 Å². The van der Waals surface area contributed by atoms with E-state index in [1.807, 2.05) is 0 Å². The van der Waals surface area contributed by atoms with E-state index in [0.717, 1.165) is 51.9 Å². The summed E-state index contributed by atoms with van der Waals surface area (Å²) in [7, 11) is 0. The minimum Gasteiger partial charge on any atom is -0.381 e. The lowest BCUT2D eigenvalue weighted by molar-refractivity contribution is -0.150. The second-order valence-electron chi connectivity index (χ2n) is 7.31. The molecule has 0 aliphatic carbocycles.